The maximum Gasteiger partial charge on any atom is 0.159 e. The maximum absolute atomic E-state index is 13.2. The summed E-state index contributed by atoms with van der Waals surface area (Å²) in [6.45, 7) is 4.47. The monoisotopic (exact) mass is 268 g/mol. The van der Waals surface area contributed by atoms with E-state index in [1.54, 1.807) is 0 Å². The van der Waals surface area contributed by atoms with E-state index in [0.29, 0.717) is 17.1 Å². The number of nitrogens with two attached hydrogens (primary N) is 1. The fourth-order valence-electron chi connectivity index (χ4n) is 1.73. The van der Waals surface area contributed by atoms with E-state index in [9.17, 15) is 8.78 Å². The van der Waals surface area contributed by atoms with E-state index in [2.05, 4.69) is 4.98 Å². The second-order valence-electron chi connectivity index (χ2n) is 4.23. The van der Waals surface area contributed by atoms with Crippen molar-refractivity contribution in [1.29, 1.82) is 0 Å². The quantitative estimate of drug-likeness (QED) is 0.926. The third kappa shape index (κ3) is 2.42. The molecule has 1 unspecified atom stereocenters. The molecule has 0 aliphatic rings. The summed E-state index contributed by atoms with van der Waals surface area (Å²) in [6, 6.07) is 3.82. The second-order valence-corrected chi connectivity index (χ2v) is 5.26. The molecule has 1 aromatic heterocycles. The zero-order valence-corrected chi connectivity index (χ0v) is 11.0. The van der Waals surface area contributed by atoms with E-state index in [1.165, 1.54) is 23.5 Å². The Morgan fingerprint density at radius 3 is 2.67 bits per heavy atom. The predicted molar refractivity (Wildman–Crippen MR) is 69.7 cm³/mol. The maximum atomic E-state index is 13.2. The minimum atomic E-state index is -0.853. The van der Waals surface area contributed by atoms with Gasteiger partial charge in [-0.1, -0.05) is 6.92 Å². The minimum absolute atomic E-state index is 0.224. The molecule has 2 aromatic rings. The summed E-state index contributed by atoms with van der Waals surface area (Å²) in [6.07, 6.45) is 0. The molecule has 0 aliphatic heterocycles. The lowest BCUT2D eigenvalue weighted by atomic mass is 10.1. The van der Waals surface area contributed by atoms with E-state index in [-0.39, 0.29) is 5.92 Å². The first-order valence-electron chi connectivity index (χ1n) is 5.65. The van der Waals surface area contributed by atoms with Crippen molar-refractivity contribution >= 4 is 11.3 Å². The van der Waals surface area contributed by atoms with Crippen LogP contribution in [-0.4, -0.2) is 11.5 Å². The summed E-state index contributed by atoms with van der Waals surface area (Å²) < 4.78 is 26.1. The zero-order valence-electron chi connectivity index (χ0n) is 10.2. The average Bonchev–Trinajstić information content (AvgIpc) is 2.74. The van der Waals surface area contributed by atoms with Gasteiger partial charge in [0.2, 0.25) is 0 Å². The molecule has 1 aromatic carbocycles. The number of aromatic nitrogens is 1. The molecule has 1 heterocycles. The number of halogens is 2. The molecule has 96 valence electrons. The van der Waals surface area contributed by atoms with E-state index in [4.69, 9.17) is 5.73 Å². The van der Waals surface area contributed by atoms with Crippen LogP contribution in [0.5, 0.6) is 0 Å². The second kappa shape index (κ2) is 5.12. The van der Waals surface area contributed by atoms with Gasteiger partial charge in [0.1, 0.15) is 5.01 Å². The van der Waals surface area contributed by atoms with Crippen molar-refractivity contribution in [2.75, 3.05) is 6.54 Å². The molecule has 1 atom stereocenters. The van der Waals surface area contributed by atoms with Crippen molar-refractivity contribution in [3.05, 3.63) is 40.4 Å². The molecule has 0 spiro atoms. The van der Waals surface area contributed by atoms with Crippen molar-refractivity contribution < 1.29 is 8.78 Å². The van der Waals surface area contributed by atoms with Crippen LogP contribution in [0.2, 0.25) is 0 Å². The van der Waals surface area contributed by atoms with E-state index >= 15 is 0 Å². The first kappa shape index (κ1) is 13.1. The Morgan fingerprint density at radius 1 is 1.33 bits per heavy atom. The van der Waals surface area contributed by atoms with Crippen molar-refractivity contribution in [3.8, 4) is 10.6 Å². The molecule has 2 rings (SSSR count). The predicted octanol–water partition coefficient (Wildman–Crippen LogP) is 3.46. The zero-order chi connectivity index (χ0) is 13.3. The largest absolute Gasteiger partial charge is 0.330 e. The van der Waals surface area contributed by atoms with Gasteiger partial charge in [-0.15, -0.1) is 11.3 Å². The molecular weight excluding hydrogens is 254 g/mol. The fraction of sp³-hybridized carbons (Fsp3) is 0.308. The fourth-order valence-corrected chi connectivity index (χ4v) is 2.85. The lowest BCUT2D eigenvalue weighted by Crippen LogP contribution is -2.08. The van der Waals surface area contributed by atoms with E-state index < -0.39 is 11.6 Å². The van der Waals surface area contributed by atoms with Gasteiger partial charge in [0.15, 0.2) is 11.6 Å². The molecular formula is C13H14F2N2S. The topological polar surface area (TPSA) is 38.9 Å². The summed E-state index contributed by atoms with van der Waals surface area (Å²) >= 11 is 1.48. The number of hydrogen-bond acceptors (Lipinski definition) is 3. The lowest BCUT2D eigenvalue weighted by molar-refractivity contribution is 0.509. The van der Waals surface area contributed by atoms with Crippen LogP contribution in [0.1, 0.15) is 23.4 Å². The lowest BCUT2D eigenvalue weighted by Gasteiger charge is -2.04. The normalized spacial score (nSPS) is 12.7. The molecule has 0 amide bonds. The highest BCUT2D eigenvalue weighted by atomic mass is 32.1. The SMILES string of the molecule is Cc1nc(-c2ccc(F)c(F)c2)sc1C(C)CN. The van der Waals surface area contributed by atoms with Crippen LogP contribution in [0.4, 0.5) is 8.78 Å². The van der Waals surface area contributed by atoms with Crippen LogP contribution >= 0.6 is 11.3 Å². The Hall–Kier alpha value is -1.33. The van der Waals surface area contributed by atoms with Gasteiger partial charge in [-0.25, -0.2) is 13.8 Å². The Labute approximate surface area is 108 Å². The van der Waals surface area contributed by atoms with Gasteiger partial charge >= 0.3 is 0 Å². The summed E-state index contributed by atoms with van der Waals surface area (Å²) in [5.74, 6) is -1.47. The van der Waals surface area contributed by atoms with Gasteiger partial charge < -0.3 is 5.73 Å². The van der Waals surface area contributed by atoms with Gasteiger partial charge in [-0.05, 0) is 31.7 Å². The number of nitrogens with zero attached hydrogens (tertiary/aromatic N) is 1. The van der Waals surface area contributed by atoms with Crippen LogP contribution < -0.4 is 5.73 Å². The third-order valence-electron chi connectivity index (χ3n) is 2.80. The molecule has 0 fully saturated rings. The summed E-state index contributed by atoms with van der Waals surface area (Å²) in [5, 5.41) is 0.696. The van der Waals surface area contributed by atoms with Crippen LogP contribution in [0, 0.1) is 18.6 Å². The van der Waals surface area contributed by atoms with Crippen molar-refractivity contribution in [2.24, 2.45) is 5.73 Å². The first-order chi connectivity index (χ1) is 8.52. The molecule has 0 bridgehead atoms. The van der Waals surface area contributed by atoms with Crippen molar-refractivity contribution in [2.45, 2.75) is 19.8 Å². The van der Waals surface area contributed by atoms with Gasteiger partial charge in [-0.3, -0.25) is 0 Å². The number of benzene rings is 1. The van der Waals surface area contributed by atoms with E-state index in [0.717, 1.165) is 16.6 Å². The molecule has 0 saturated heterocycles. The molecule has 2 N–H and O–H groups in total. The number of rotatable bonds is 3. The molecule has 0 aliphatic carbocycles. The summed E-state index contributed by atoms with van der Waals surface area (Å²) in [4.78, 5) is 5.49. The van der Waals surface area contributed by atoms with Crippen molar-refractivity contribution in [3.63, 3.8) is 0 Å². The first-order valence-corrected chi connectivity index (χ1v) is 6.47. The Balaban J connectivity index is 2.42. The number of thiazole rings is 1. The van der Waals surface area contributed by atoms with Gasteiger partial charge in [0.05, 0.1) is 5.69 Å². The number of aryl methyl sites for hydroxylation is 1. The van der Waals surface area contributed by atoms with Gasteiger partial charge in [0.25, 0.3) is 0 Å². The van der Waals surface area contributed by atoms with Crippen LogP contribution in [0.25, 0.3) is 10.6 Å². The Morgan fingerprint density at radius 2 is 2.06 bits per heavy atom. The molecule has 0 saturated carbocycles. The van der Waals surface area contributed by atoms with Gasteiger partial charge in [-0.2, -0.15) is 0 Å². The van der Waals surface area contributed by atoms with Gasteiger partial charge in [0, 0.05) is 16.4 Å². The number of hydrogen-bond donors (Lipinski definition) is 1. The highest BCUT2D eigenvalue weighted by molar-refractivity contribution is 7.15. The average molecular weight is 268 g/mol. The molecule has 18 heavy (non-hydrogen) atoms. The molecule has 2 nitrogen and oxygen atoms in total. The molecule has 0 radical (unpaired) electrons. The smallest absolute Gasteiger partial charge is 0.159 e. The third-order valence-corrected chi connectivity index (χ3v) is 4.24. The summed E-state index contributed by atoms with van der Waals surface area (Å²) in [5.41, 5.74) is 7.13. The summed E-state index contributed by atoms with van der Waals surface area (Å²) in [7, 11) is 0. The van der Waals surface area contributed by atoms with Crippen molar-refractivity contribution in [1.82, 2.24) is 4.98 Å². The van der Waals surface area contributed by atoms with Crippen LogP contribution in [0.15, 0.2) is 18.2 Å². The molecule has 5 heteroatoms. The highest BCUT2D eigenvalue weighted by Crippen LogP contribution is 2.32. The van der Waals surface area contributed by atoms with Crippen LogP contribution in [0.3, 0.4) is 0 Å². The standard InChI is InChI=1S/C13H14F2N2S/c1-7(6-16)12-8(2)17-13(18-12)9-3-4-10(14)11(15)5-9/h3-5,7H,6,16H2,1-2H3. The highest BCUT2D eigenvalue weighted by Gasteiger charge is 2.15. The minimum Gasteiger partial charge on any atom is -0.330 e. The van der Waals surface area contributed by atoms with E-state index in [1.807, 2.05) is 13.8 Å². The van der Waals surface area contributed by atoms with Crippen LogP contribution in [-0.2, 0) is 0 Å². The Kier molecular flexibility index (Phi) is 3.73. The Bertz CT molecular complexity index is 566.